The number of carbonyl (C=O) groups excluding carboxylic acids is 1. The molecule has 2 saturated carbocycles. The summed E-state index contributed by atoms with van der Waals surface area (Å²) in [4.78, 5) is 22.8. The van der Waals surface area contributed by atoms with Gasteiger partial charge in [0.05, 0.1) is 0 Å². The monoisotopic (exact) mass is 239 g/mol. The Morgan fingerprint density at radius 3 is 2.59 bits per heavy atom. The van der Waals surface area contributed by atoms with Crippen LogP contribution in [0.1, 0.15) is 51.9 Å². The van der Waals surface area contributed by atoms with Crippen molar-refractivity contribution in [3.05, 3.63) is 0 Å². The topological polar surface area (TPSA) is 66.4 Å². The van der Waals surface area contributed by atoms with Crippen LogP contribution in [0.15, 0.2) is 0 Å². The minimum absolute atomic E-state index is 0.0796. The average molecular weight is 239 g/mol. The molecule has 17 heavy (non-hydrogen) atoms. The molecular formula is C13H21NO3. The van der Waals surface area contributed by atoms with Gasteiger partial charge in [0, 0.05) is 6.42 Å². The van der Waals surface area contributed by atoms with Crippen molar-refractivity contribution in [3.63, 3.8) is 0 Å². The van der Waals surface area contributed by atoms with Gasteiger partial charge in [0.2, 0.25) is 5.91 Å². The molecule has 96 valence electrons. The highest BCUT2D eigenvalue weighted by Crippen LogP contribution is 2.36. The maximum atomic E-state index is 11.8. The molecule has 4 nitrogen and oxygen atoms in total. The fourth-order valence-electron chi connectivity index (χ4n) is 2.84. The molecule has 0 bridgehead atoms. The van der Waals surface area contributed by atoms with E-state index in [4.69, 9.17) is 5.11 Å². The summed E-state index contributed by atoms with van der Waals surface area (Å²) < 4.78 is 0. The summed E-state index contributed by atoms with van der Waals surface area (Å²) in [7, 11) is 0. The summed E-state index contributed by atoms with van der Waals surface area (Å²) in [6.07, 6.45) is 6.33. The number of rotatable bonds is 4. The quantitative estimate of drug-likeness (QED) is 0.787. The second kappa shape index (κ2) is 4.67. The molecule has 0 aromatic heterocycles. The first kappa shape index (κ1) is 12.4. The minimum atomic E-state index is -0.919. The normalized spacial score (nSPS) is 30.6. The van der Waals surface area contributed by atoms with Crippen LogP contribution < -0.4 is 5.32 Å². The largest absolute Gasteiger partial charge is 0.480 e. The van der Waals surface area contributed by atoms with E-state index in [1.165, 1.54) is 12.8 Å². The Hall–Kier alpha value is -1.06. The Bertz CT molecular complexity index is 323. The molecule has 4 heteroatoms. The van der Waals surface area contributed by atoms with Crippen molar-refractivity contribution < 1.29 is 14.7 Å². The molecule has 2 atom stereocenters. The van der Waals surface area contributed by atoms with Crippen molar-refractivity contribution in [2.24, 2.45) is 11.8 Å². The fourth-order valence-corrected chi connectivity index (χ4v) is 2.84. The number of hydrogen-bond acceptors (Lipinski definition) is 2. The Morgan fingerprint density at radius 1 is 1.35 bits per heavy atom. The molecule has 2 aliphatic rings. The maximum absolute atomic E-state index is 11.8. The van der Waals surface area contributed by atoms with Crippen LogP contribution in [0.2, 0.25) is 0 Å². The van der Waals surface area contributed by atoms with Crippen LogP contribution in [-0.2, 0) is 9.59 Å². The van der Waals surface area contributed by atoms with Gasteiger partial charge >= 0.3 is 5.97 Å². The van der Waals surface area contributed by atoms with E-state index in [9.17, 15) is 9.59 Å². The van der Waals surface area contributed by atoms with E-state index < -0.39 is 11.5 Å². The molecule has 1 amide bonds. The zero-order valence-corrected chi connectivity index (χ0v) is 10.4. The lowest BCUT2D eigenvalue weighted by molar-refractivity contribution is -0.143. The van der Waals surface area contributed by atoms with Gasteiger partial charge in [-0.2, -0.15) is 0 Å². The molecule has 2 aliphatic carbocycles. The third-order valence-electron chi connectivity index (χ3n) is 4.06. The number of carboxylic acid groups (broad SMARTS) is 1. The van der Waals surface area contributed by atoms with Crippen LogP contribution in [-0.4, -0.2) is 22.5 Å². The van der Waals surface area contributed by atoms with E-state index in [2.05, 4.69) is 12.2 Å². The third kappa shape index (κ3) is 2.99. The molecule has 0 radical (unpaired) electrons. The van der Waals surface area contributed by atoms with E-state index >= 15 is 0 Å². The zero-order valence-electron chi connectivity index (χ0n) is 10.4. The van der Waals surface area contributed by atoms with E-state index in [0.29, 0.717) is 31.1 Å². The number of hydrogen-bond donors (Lipinski definition) is 2. The fraction of sp³-hybridized carbons (Fsp3) is 0.846. The first-order valence-corrected chi connectivity index (χ1v) is 6.56. The predicted molar refractivity (Wildman–Crippen MR) is 63.5 cm³/mol. The Balaban J connectivity index is 1.79. The van der Waals surface area contributed by atoms with Crippen molar-refractivity contribution in [2.45, 2.75) is 57.4 Å². The van der Waals surface area contributed by atoms with Crippen molar-refractivity contribution >= 4 is 11.9 Å². The van der Waals surface area contributed by atoms with Crippen LogP contribution in [0.3, 0.4) is 0 Å². The van der Waals surface area contributed by atoms with Gasteiger partial charge in [0.15, 0.2) is 0 Å². The molecule has 0 heterocycles. The maximum Gasteiger partial charge on any atom is 0.329 e. The number of carboxylic acids is 1. The average Bonchev–Trinajstić information content (AvgIpc) is 2.98. The van der Waals surface area contributed by atoms with Gasteiger partial charge in [-0.3, -0.25) is 4.79 Å². The molecule has 0 aliphatic heterocycles. The summed E-state index contributed by atoms with van der Waals surface area (Å²) >= 11 is 0. The van der Waals surface area contributed by atoms with E-state index in [-0.39, 0.29) is 5.91 Å². The second-order valence-corrected chi connectivity index (χ2v) is 5.78. The number of amides is 1. The highest BCUT2D eigenvalue weighted by molar-refractivity contribution is 5.89. The summed E-state index contributed by atoms with van der Waals surface area (Å²) in [6.45, 7) is 2.23. The van der Waals surface area contributed by atoms with Crippen molar-refractivity contribution in [3.8, 4) is 0 Å². The standard InChI is InChI=1S/C13H21NO3/c1-9-3-2-4-10(7-9)8-11(15)14-13(5-6-13)12(16)17/h9-10H,2-8H2,1H3,(H,14,15)(H,16,17). The first-order valence-electron chi connectivity index (χ1n) is 6.56. The number of aliphatic carboxylic acids is 1. The highest BCUT2D eigenvalue weighted by atomic mass is 16.4. The van der Waals surface area contributed by atoms with Gasteiger partial charge in [-0.05, 0) is 37.5 Å². The molecule has 2 N–H and O–H groups in total. The lowest BCUT2D eigenvalue weighted by Gasteiger charge is -2.26. The van der Waals surface area contributed by atoms with Crippen LogP contribution in [0.5, 0.6) is 0 Å². The van der Waals surface area contributed by atoms with Gasteiger partial charge < -0.3 is 10.4 Å². The Morgan fingerprint density at radius 2 is 2.06 bits per heavy atom. The molecule has 0 spiro atoms. The molecule has 0 aromatic carbocycles. The number of nitrogens with one attached hydrogen (secondary N) is 1. The van der Waals surface area contributed by atoms with Gasteiger partial charge in [-0.25, -0.2) is 4.79 Å². The lowest BCUT2D eigenvalue weighted by Crippen LogP contribution is -2.43. The Kier molecular flexibility index (Phi) is 3.40. The summed E-state index contributed by atoms with van der Waals surface area (Å²) in [5.74, 6) is 0.186. The summed E-state index contributed by atoms with van der Waals surface area (Å²) in [5, 5.41) is 11.7. The van der Waals surface area contributed by atoms with Crippen molar-refractivity contribution in [2.75, 3.05) is 0 Å². The second-order valence-electron chi connectivity index (χ2n) is 5.78. The number of carbonyl (C=O) groups is 2. The summed E-state index contributed by atoms with van der Waals surface area (Å²) in [6, 6.07) is 0. The summed E-state index contributed by atoms with van der Waals surface area (Å²) in [5.41, 5.74) is -0.919. The van der Waals surface area contributed by atoms with E-state index in [1.807, 2.05) is 0 Å². The molecular weight excluding hydrogens is 218 g/mol. The van der Waals surface area contributed by atoms with Gasteiger partial charge in [-0.15, -0.1) is 0 Å². The van der Waals surface area contributed by atoms with Crippen LogP contribution in [0.4, 0.5) is 0 Å². The zero-order chi connectivity index (χ0) is 12.5. The van der Waals surface area contributed by atoms with Crippen LogP contribution in [0, 0.1) is 11.8 Å². The highest BCUT2D eigenvalue weighted by Gasteiger charge is 2.51. The molecule has 0 aromatic rings. The smallest absolute Gasteiger partial charge is 0.329 e. The van der Waals surface area contributed by atoms with Gasteiger partial charge in [0.25, 0.3) is 0 Å². The molecule has 2 fully saturated rings. The molecule has 2 unspecified atom stereocenters. The van der Waals surface area contributed by atoms with Gasteiger partial charge in [-0.1, -0.05) is 19.8 Å². The van der Waals surface area contributed by atoms with Crippen LogP contribution in [0.25, 0.3) is 0 Å². The predicted octanol–water partition coefficient (Wildman–Crippen LogP) is 1.94. The molecule has 0 saturated heterocycles. The van der Waals surface area contributed by atoms with E-state index in [1.54, 1.807) is 0 Å². The van der Waals surface area contributed by atoms with Gasteiger partial charge in [0.1, 0.15) is 5.54 Å². The minimum Gasteiger partial charge on any atom is -0.480 e. The third-order valence-corrected chi connectivity index (χ3v) is 4.06. The van der Waals surface area contributed by atoms with Crippen LogP contribution >= 0.6 is 0 Å². The first-order chi connectivity index (χ1) is 8.02. The Labute approximate surface area is 102 Å². The SMILES string of the molecule is CC1CCCC(CC(=O)NC2(C(=O)O)CC2)C1. The lowest BCUT2D eigenvalue weighted by atomic mass is 9.81. The van der Waals surface area contributed by atoms with E-state index in [0.717, 1.165) is 12.8 Å². The molecule has 2 rings (SSSR count). The van der Waals surface area contributed by atoms with Crippen molar-refractivity contribution in [1.29, 1.82) is 0 Å². The van der Waals surface area contributed by atoms with Crippen molar-refractivity contribution in [1.82, 2.24) is 5.32 Å².